The molecule has 1 unspecified atom stereocenters. The molecule has 0 amide bonds. The van der Waals surface area contributed by atoms with Gasteiger partial charge in [0.25, 0.3) is 0 Å². The molecule has 1 aliphatic rings. The summed E-state index contributed by atoms with van der Waals surface area (Å²) in [6.07, 6.45) is 2.61. The highest BCUT2D eigenvalue weighted by Gasteiger charge is 2.27. The molecule has 1 aliphatic carbocycles. The molecule has 3 nitrogen and oxygen atoms in total. The van der Waals surface area contributed by atoms with E-state index in [2.05, 4.69) is 0 Å². The maximum Gasteiger partial charge on any atom is 0.306 e. The minimum absolute atomic E-state index is 0.0988. The smallest absolute Gasteiger partial charge is 0.306 e. The van der Waals surface area contributed by atoms with Crippen molar-refractivity contribution in [3.05, 3.63) is 35.9 Å². The van der Waals surface area contributed by atoms with Gasteiger partial charge >= 0.3 is 5.97 Å². The van der Waals surface area contributed by atoms with E-state index in [1.165, 1.54) is 0 Å². The third-order valence-corrected chi connectivity index (χ3v) is 3.09. The van der Waals surface area contributed by atoms with Gasteiger partial charge in [-0.15, -0.1) is 0 Å². The molecule has 0 aliphatic heterocycles. The Balaban J connectivity index is 1.76. The Bertz CT molecular complexity index is 397. The van der Waals surface area contributed by atoms with Crippen molar-refractivity contribution in [1.29, 1.82) is 0 Å². The topological polar surface area (TPSA) is 43.4 Å². The van der Waals surface area contributed by atoms with Crippen LogP contribution in [0.4, 0.5) is 0 Å². The van der Waals surface area contributed by atoms with Gasteiger partial charge in [0.2, 0.25) is 0 Å². The van der Waals surface area contributed by atoms with Crippen molar-refractivity contribution in [1.82, 2.24) is 0 Å². The van der Waals surface area contributed by atoms with E-state index in [4.69, 9.17) is 4.74 Å². The summed E-state index contributed by atoms with van der Waals surface area (Å²) in [7, 11) is 0. The molecule has 1 saturated carbocycles. The molecule has 0 heterocycles. The summed E-state index contributed by atoms with van der Waals surface area (Å²) in [6.45, 7) is 0.292. The van der Waals surface area contributed by atoms with Crippen LogP contribution < -0.4 is 0 Å². The fourth-order valence-corrected chi connectivity index (χ4v) is 2.10. The summed E-state index contributed by atoms with van der Waals surface area (Å²) >= 11 is 0. The van der Waals surface area contributed by atoms with E-state index in [0.717, 1.165) is 18.4 Å². The third-order valence-electron chi connectivity index (χ3n) is 3.09. The second-order valence-electron chi connectivity index (χ2n) is 4.41. The molecule has 0 N–H and O–H groups in total. The molecular formula is C14H16O3. The zero-order valence-electron chi connectivity index (χ0n) is 9.72. The minimum Gasteiger partial charge on any atom is -0.461 e. The van der Waals surface area contributed by atoms with Crippen molar-refractivity contribution in [2.24, 2.45) is 5.92 Å². The van der Waals surface area contributed by atoms with E-state index in [-0.39, 0.29) is 24.1 Å². The predicted molar refractivity (Wildman–Crippen MR) is 63.2 cm³/mol. The predicted octanol–water partition coefficient (Wildman–Crippen LogP) is 2.49. The van der Waals surface area contributed by atoms with Crippen LogP contribution in [0.2, 0.25) is 0 Å². The highest BCUT2D eigenvalue weighted by atomic mass is 16.5. The van der Waals surface area contributed by atoms with Gasteiger partial charge in [0.1, 0.15) is 12.4 Å². The molecule has 1 aromatic carbocycles. The zero-order valence-corrected chi connectivity index (χ0v) is 9.72. The summed E-state index contributed by atoms with van der Waals surface area (Å²) < 4.78 is 5.15. The standard InChI is InChI=1S/C14H16O3/c15-13-8-4-7-12(13)9-14(16)17-10-11-5-2-1-3-6-11/h1-3,5-6,12H,4,7-10H2. The van der Waals surface area contributed by atoms with E-state index in [1.54, 1.807) is 0 Å². The van der Waals surface area contributed by atoms with Crippen LogP contribution in [0.5, 0.6) is 0 Å². The lowest BCUT2D eigenvalue weighted by molar-refractivity contribution is -0.147. The summed E-state index contributed by atoms with van der Waals surface area (Å²) in [4.78, 5) is 22.9. The number of hydrogen-bond donors (Lipinski definition) is 0. The van der Waals surface area contributed by atoms with Crippen molar-refractivity contribution in [2.45, 2.75) is 32.3 Å². The van der Waals surface area contributed by atoms with Gasteiger partial charge in [-0.3, -0.25) is 9.59 Å². The fraction of sp³-hybridized carbons (Fsp3) is 0.429. The Morgan fingerprint density at radius 2 is 2.06 bits per heavy atom. The summed E-state index contributed by atoms with van der Waals surface area (Å²) in [5.41, 5.74) is 0.971. The number of Topliss-reactive ketones (excluding diaryl/α,β-unsaturated/α-hetero) is 1. The monoisotopic (exact) mass is 232 g/mol. The van der Waals surface area contributed by atoms with Crippen molar-refractivity contribution >= 4 is 11.8 Å². The van der Waals surface area contributed by atoms with Gasteiger partial charge in [-0.25, -0.2) is 0 Å². The lowest BCUT2D eigenvalue weighted by atomic mass is 10.0. The number of ketones is 1. The van der Waals surface area contributed by atoms with E-state index in [0.29, 0.717) is 13.0 Å². The lowest BCUT2D eigenvalue weighted by Gasteiger charge is -2.08. The van der Waals surface area contributed by atoms with Gasteiger partial charge in [0, 0.05) is 12.3 Å². The van der Waals surface area contributed by atoms with E-state index in [1.807, 2.05) is 30.3 Å². The first-order valence-electron chi connectivity index (χ1n) is 5.98. The molecule has 1 fully saturated rings. The minimum atomic E-state index is -0.269. The Morgan fingerprint density at radius 1 is 1.29 bits per heavy atom. The number of rotatable bonds is 4. The second-order valence-corrected chi connectivity index (χ2v) is 4.41. The van der Waals surface area contributed by atoms with Crippen molar-refractivity contribution in [3.8, 4) is 0 Å². The quantitative estimate of drug-likeness (QED) is 0.749. The molecule has 17 heavy (non-hydrogen) atoms. The molecular weight excluding hydrogens is 216 g/mol. The first-order chi connectivity index (χ1) is 8.25. The number of carbonyl (C=O) groups excluding carboxylic acids is 2. The van der Waals surface area contributed by atoms with Gasteiger partial charge in [0.15, 0.2) is 0 Å². The van der Waals surface area contributed by atoms with Crippen molar-refractivity contribution in [3.63, 3.8) is 0 Å². The van der Waals surface area contributed by atoms with Crippen LogP contribution in [0.25, 0.3) is 0 Å². The molecule has 3 heteroatoms. The summed E-state index contributed by atoms with van der Waals surface area (Å²) in [5.74, 6) is -0.158. The zero-order chi connectivity index (χ0) is 12.1. The normalized spacial score (nSPS) is 19.3. The fourth-order valence-electron chi connectivity index (χ4n) is 2.10. The van der Waals surface area contributed by atoms with Crippen LogP contribution >= 0.6 is 0 Å². The van der Waals surface area contributed by atoms with Gasteiger partial charge < -0.3 is 4.74 Å². The van der Waals surface area contributed by atoms with Gasteiger partial charge in [-0.2, -0.15) is 0 Å². The van der Waals surface area contributed by atoms with E-state index >= 15 is 0 Å². The van der Waals surface area contributed by atoms with E-state index in [9.17, 15) is 9.59 Å². The first-order valence-corrected chi connectivity index (χ1v) is 5.98. The molecule has 0 radical (unpaired) electrons. The number of hydrogen-bond acceptors (Lipinski definition) is 3. The first kappa shape index (κ1) is 11.8. The number of esters is 1. The van der Waals surface area contributed by atoms with Crippen LogP contribution in [0, 0.1) is 5.92 Å². The SMILES string of the molecule is O=C(CC1CCCC1=O)OCc1ccccc1. The van der Waals surface area contributed by atoms with E-state index < -0.39 is 0 Å². The number of carbonyl (C=O) groups is 2. The molecule has 0 bridgehead atoms. The average molecular weight is 232 g/mol. The highest BCUT2D eigenvalue weighted by Crippen LogP contribution is 2.24. The molecule has 0 saturated heterocycles. The Hall–Kier alpha value is -1.64. The van der Waals surface area contributed by atoms with Crippen molar-refractivity contribution < 1.29 is 14.3 Å². The Kier molecular flexibility index (Phi) is 3.91. The summed E-state index contributed by atoms with van der Waals surface area (Å²) in [5, 5.41) is 0. The van der Waals surface area contributed by atoms with Crippen LogP contribution in [0.3, 0.4) is 0 Å². The maximum atomic E-state index is 11.5. The van der Waals surface area contributed by atoms with Gasteiger partial charge in [0.05, 0.1) is 6.42 Å². The lowest BCUT2D eigenvalue weighted by Crippen LogP contribution is -2.14. The average Bonchev–Trinajstić information content (AvgIpc) is 2.74. The Morgan fingerprint density at radius 3 is 2.71 bits per heavy atom. The molecule has 90 valence electrons. The Labute approximate surface area is 101 Å². The van der Waals surface area contributed by atoms with Crippen LogP contribution in [0.15, 0.2) is 30.3 Å². The van der Waals surface area contributed by atoms with Gasteiger partial charge in [-0.05, 0) is 18.4 Å². The highest BCUT2D eigenvalue weighted by molar-refractivity contribution is 5.86. The molecule has 1 atom stereocenters. The number of ether oxygens (including phenoxy) is 1. The largest absolute Gasteiger partial charge is 0.461 e. The third kappa shape index (κ3) is 3.41. The van der Waals surface area contributed by atoms with Crippen LogP contribution in [-0.4, -0.2) is 11.8 Å². The second kappa shape index (κ2) is 5.62. The molecule has 1 aromatic rings. The van der Waals surface area contributed by atoms with Crippen LogP contribution in [0.1, 0.15) is 31.2 Å². The molecule has 0 spiro atoms. The summed E-state index contributed by atoms with van der Waals surface area (Å²) in [6, 6.07) is 9.55. The maximum absolute atomic E-state index is 11.5. The van der Waals surface area contributed by atoms with Crippen molar-refractivity contribution in [2.75, 3.05) is 0 Å². The molecule has 2 rings (SSSR count). The number of benzene rings is 1. The van der Waals surface area contributed by atoms with Crippen LogP contribution in [-0.2, 0) is 20.9 Å². The molecule has 0 aromatic heterocycles. The van der Waals surface area contributed by atoms with Gasteiger partial charge in [-0.1, -0.05) is 30.3 Å².